The first kappa shape index (κ1) is 16.9. The van der Waals surface area contributed by atoms with E-state index in [1.165, 1.54) is 11.0 Å². The van der Waals surface area contributed by atoms with Crippen LogP contribution in [0.15, 0.2) is 36.4 Å². The Bertz CT molecular complexity index is 749. The molecule has 120 valence electrons. The number of sulfone groups is 1. The average Bonchev–Trinajstić information content (AvgIpc) is 2.54. The molecule has 1 aliphatic heterocycles. The number of allylic oxidation sites excluding steroid dienone is 1. The number of carbonyl (C=O) groups is 2. The number of hydrogen-bond donors (Lipinski definition) is 0. The van der Waals surface area contributed by atoms with Gasteiger partial charge in [-0.3, -0.25) is 9.59 Å². The summed E-state index contributed by atoms with van der Waals surface area (Å²) in [6.07, 6.45) is 2.75. The fraction of sp³-hybridized carbons (Fsp3) is 0.312. The molecule has 1 atom stereocenters. The Morgan fingerprint density at radius 1 is 1.17 bits per heavy atom. The molecule has 0 saturated carbocycles. The van der Waals surface area contributed by atoms with Crippen molar-refractivity contribution in [3.05, 3.63) is 42.0 Å². The molecule has 0 bridgehead atoms. The first-order valence-corrected chi connectivity index (χ1v) is 8.91. The third-order valence-corrected chi connectivity index (χ3v) is 5.17. The minimum absolute atomic E-state index is 0.0228. The van der Waals surface area contributed by atoms with Gasteiger partial charge in [-0.15, -0.1) is 0 Å². The minimum atomic E-state index is -3.12. The van der Waals surface area contributed by atoms with Gasteiger partial charge in [0.2, 0.25) is 5.91 Å². The minimum Gasteiger partial charge on any atom is -0.339 e. The van der Waals surface area contributed by atoms with Gasteiger partial charge in [-0.2, -0.15) is 5.26 Å². The number of hydrogen-bond acceptors (Lipinski definition) is 5. The Labute approximate surface area is 134 Å². The van der Waals surface area contributed by atoms with Crippen molar-refractivity contribution >= 4 is 27.6 Å². The van der Waals surface area contributed by atoms with Gasteiger partial charge in [0, 0.05) is 13.1 Å². The van der Waals surface area contributed by atoms with E-state index in [9.17, 15) is 18.0 Å². The Morgan fingerprint density at radius 3 is 2.35 bits per heavy atom. The van der Waals surface area contributed by atoms with E-state index in [-0.39, 0.29) is 24.6 Å². The van der Waals surface area contributed by atoms with Crippen molar-refractivity contribution < 1.29 is 18.0 Å². The molecular weight excluding hydrogens is 316 g/mol. The third kappa shape index (κ3) is 4.50. The highest BCUT2D eigenvalue weighted by Gasteiger charge is 2.32. The monoisotopic (exact) mass is 332 g/mol. The van der Waals surface area contributed by atoms with Crippen LogP contribution in [0.1, 0.15) is 5.56 Å². The summed E-state index contributed by atoms with van der Waals surface area (Å²) in [5.74, 6) is -2.94. The van der Waals surface area contributed by atoms with Gasteiger partial charge in [0.1, 0.15) is 0 Å². The molecule has 0 N–H and O–H groups in total. The summed E-state index contributed by atoms with van der Waals surface area (Å²) in [4.78, 5) is 25.6. The Hall–Kier alpha value is -2.46. The Morgan fingerprint density at radius 2 is 1.78 bits per heavy atom. The van der Waals surface area contributed by atoms with Crippen LogP contribution in [-0.4, -0.2) is 49.6 Å². The number of carbonyl (C=O) groups excluding carboxylic acids is 2. The summed E-state index contributed by atoms with van der Waals surface area (Å²) in [7, 11) is -3.12. The van der Waals surface area contributed by atoms with E-state index in [1.807, 2.05) is 18.2 Å². The van der Waals surface area contributed by atoms with E-state index in [0.717, 1.165) is 5.56 Å². The Balaban J connectivity index is 2.04. The summed E-state index contributed by atoms with van der Waals surface area (Å²) in [6, 6.07) is 10.8. The molecule has 1 aromatic rings. The maximum atomic E-state index is 12.2. The van der Waals surface area contributed by atoms with Gasteiger partial charge in [-0.05, 0) is 11.6 Å². The molecule has 23 heavy (non-hydrogen) atoms. The van der Waals surface area contributed by atoms with E-state index in [4.69, 9.17) is 5.26 Å². The lowest BCUT2D eigenvalue weighted by molar-refractivity contribution is -0.137. The molecule has 1 heterocycles. The molecule has 0 unspecified atom stereocenters. The van der Waals surface area contributed by atoms with Crippen LogP contribution in [0.25, 0.3) is 6.08 Å². The standard InChI is InChI=1S/C16H16N2O4S/c17-12-14(15(19)7-6-13-4-2-1-3-5-13)16(20)18-8-10-23(21,22)11-9-18/h1-7,14H,8-11H2/b7-6+/t14-/m1/s1. The lowest BCUT2D eigenvalue weighted by Crippen LogP contribution is -2.47. The smallest absolute Gasteiger partial charge is 0.247 e. The van der Waals surface area contributed by atoms with Gasteiger partial charge < -0.3 is 4.90 Å². The maximum absolute atomic E-state index is 12.2. The molecule has 1 fully saturated rings. The molecule has 1 amide bonds. The van der Waals surface area contributed by atoms with Gasteiger partial charge in [0.05, 0.1) is 17.6 Å². The Kier molecular flexibility index (Phi) is 5.29. The van der Waals surface area contributed by atoms with Gasteiger partial charge in [-0.25, -0.2) is 8.42 Å². The highest BCUT2D eigenvalue weighted by molar-refractivity contribution is 7.91. The first-order chi connectivity index (χ1) is 10.9. The summed E-state index contributed by atoms with van der Waals surface area (Å²) in [6.45, 7) is 0.0457. The topological polar surface area (TPSA) is 95.3 Å². The quantitative estimate of drug-likeness (QED) is 0.596. The molecule has 0 radical (unpaired) electrons. The summed E-state index contributed by atoms with van der Waals surface area (Å²) in [5.41, 5.74) is 0.786. The van der Waals surface area contributed by atoms with Crippen molar-refractivity contribution in [1.82, 2.24) is 4.90 Å². The average molecular weight is 332 g/mol. The molecule has 1 aromatic carbocycles. The fourth-order valence-corrected chi connectivity index (χ4v) is 3.40. The van der Waals surface area contributed by atoms with Crippen LogP contribution < -0.4 is 0 Å². The highest BCUT2D eigenvalue weighted by Crippen LogP contribution is 2.11. The van der Waals surface area contributed by atoms with Crippen LogP contribution in [0.4, 0.5) is 0 Å². The number of nitrogens with zero attached hydrogens (tertiary/aromatic N) is 2. The zero-order valence-electron chi connectivity index (χ0n) is 12.4. The van der Waals surface area contributed by atoms with E-state index in [1.54, 1.807) is 24.3 Å². The van der Waals surface area contributed by atoms with Gasteiger partial charge in [0.25, 0.3) is 0 Å². The molecule has 1 aliphatic rings. The second kappa shape index (κ2) is 7.20. The SMILES string of the molecule is N#C[C@H](C(=O)/C=C/c1ccccc1)C(=O)N1CCS(=O)(=O)CC1. The molecule has 7 heteroatoms. The number of nitriles is 1. The number of rotatable bonds is 4. The van der Waals surface area contributed by atoms with Crippen LogP contribution >= 0.6 is 0 Å². The lowest BCUT2D eigenvalue weighted by atomic mass is 10.0. The molecular formula is C16H16N2O4S. The summed E-state index contributed by atoms with van der Waals surface area (Å²) >= 11 is 0. The number of benzene rings is 1. The zero-order chi connectivity index (χ0) is 16.9. The van der Waals surface area contributed by atoms with Crippen molar-refractivity contribution in [2.45, 2.75) is 0 Å². The highest BCUT2D eigenvalue weighted by atomic mass is 32.2. The third-order valence-electron chi connectivity index (χ3n) is 3.56. The number of amides is 1. The molecule has 0 aliphatic carbocycles. The maximum Gasteiger partial charge on any atom is 0.247 e. The van der Waals surface area contributed by atoms with Crippen molar-refractivity contribution in [3.63, 3.8) is 0 Å². The van der Waals surface area contributed by atoms with Crippen molar-refractivity contribution in [2.24, 2.45) is 5.92 Å². The van der Waals surface area contributed by atoms with E-state index < -0.39 is 27.4 Å². The lowest BCUT2D eigenvalue weighted by Gasteiger charge is -2.27. The largest absolute Gasteiger partial charge is 0.339 e. The molecule has 6 nitrogen and oxygen atoms in total. The van der Waals surface area contributed by atoms with E-state index in [2.05, 4.69) is 0 Å². The normalized spacial score (nSPS) is 18.3. The van der Waals surface area contributed by atoms with Gasteiger partial charge >= 0.3 is 0 Å². The first-order valence-electron chi connectivity index (χ1n) is 7.09. The molecule has 0 aromatic heterocycles. The van der Waals surface area contributed by atoms with Gasteiger partial charge in [-0.1, -0.05) is 36.4 Å². The van der Waals surface area contributed by atoms with Crippen molar-refractivity contribution in [3.8, 4) is 6.07 Å². The van der Waals surface area contributed by atoms with Crippen LogP contribution in [-0.2, 0) is 19.4 Å². The molecule has 1 saturated heterocycles. The predicted octanol–water partition coefficient (Wildman–Crippen LogP) is 0.666. The molecule has 0 spiro atoms. The van der Waals surface area contributed by atoms with Crippen LogP contribution in [0, 0.1) is 17.2 Å². The van der Waals surface area contributed by atoms with E-state index in [0.29, 0.717) is 0 Å². The predicted molar refractivity (Wildman–Crippen MR) is 84.8 cm³/mol. The second-order valence-electron chi connectivity index (χ2n) is 5.19. The van der Waals surface area contributed by atoms with Gasteiger partial charge in [0.15, 0.2) is 21.5 Å². The van der Waals surface area contributed by atoms with Crippen LogP contribution in [0.3, 0.4) is 0 Å². The van der Waals surface area contributed by atoms with E-state index >= 15 is 0 Å². The van der Waals surface area contributed by atoms with Crippen LogP contribution in [0.5, 0.6) is 0 Å². The fourth-order valence-electron chi connectivity index (χ4n) is 2.19. The molecule has 2 rings (SSSR count). The van der Waals surface area contributed by atoms with Crippen LogP contribution in [0.2, 0.25) is 0 Å². The van der Waals surface area contributed by atoms with Crippen molar-refractivity contribution in [2.75, 3.05) is 24.6 Å². The summed E-state index contributed by atoms with van der Waals surface area (Å²) in [5, 5.41) is 9.13. The summed E-state index contributed by atoms with van der Waals surface area (Å²) < 4.78 is 22.7. The zero-order valence-corrected chi connectivity index (χ0v) is 13.2. The van der Waals surface area contributed by atoms with Crippen molar-refractivity contribution in [1.29, 1.82) is 5.26 Å². The number of ketones is 1. The second-order valence-corrected chi connectivity index (χ2v) is 7.49.